The van der Waals surface area contributed by atoms with Crippen LogP contribution in [0.4, 0.5) is 5.69 Å². The van der Waals surface area contributed by atoms with Crippen molar-refractivity contribution in [2.45, 2.75) is 0 Å². The molecule has 0 fully saturated rings. The lowest BCUT2D eigenvalue weighted by atomic mass is 10.4. The van der Waals surface area contributed by atoms with Crippen LogP contribution in [0.25, 0.3) is 0 Å². The fraction of sp³-hybridized carbons (Fsp3) is 0.167. The molecule has 0 aliphatic rings. The zero-order chi connectivity index (χ0) is 8.27. The first kappa shape index (κ1) is 8.29. The Hall–Kier alpha value is -0.810. The van der Waals surface area contributed by atoms with Crippen molar-refractivity contribution in [3.05, 3.63) is 16.7 Å². The van der Waals surface area contributed by atoms with E-state index in [9.17, 15) is 0 Å². The minimum absolute atomic E-state index is 0.514. The highest BCUT2D eigenvalue weighted by atomic mass is 79.9. The Labute approximate surface area is 72.9 Å². The molecule has 0 aliphatic heterocycles. The molecule has 0 unspecified atom stereocenters. The van der Waals surface area contributed by atoms with E-state index in [1.54, 1.807) is 19.4 Å². The summed E-state index contributed by atoms with van der Waals surface area (Å²) >= 11 is 3.27. The maximum absolute atomic E-state index is 5.21. The predicted octanol–water partition coefficient (Wildman–Crippen LogP) is 1.14. The number of methoxy groups -OCH3 is 1. The smallest absolute Gasteiger partial charge is 0.229 e. The molecular formula is C6H8BrN3O. The maximum Gasteiger partial charge on any atom is 0.229 e. The molecule has 0 radical (unpaired) electrons. The molecule has 1 rings (SSSR count). The monoisotopic (exact) mass is 217 g/mol. The molecule has 1 heterocycles. The third kappa shape index (κ3) is 1.61. The second kappa shape index (κ2) is 3.54. The Morgan fingerprint density at radius 2 is 2.45 bits per heavy atom. The van der Waals surface area contributed by atoms with Crippen molar-refractivity contribution in [1.82, 2.24) is 4.98 Å². The Balaban J connectivity index is 3.10. The van der Waals surface area contributed by atoms with Crippen LogP contribution in [0.2, 0.25) is 0 Å². The number of nitrogen functional groups attached to an aromatic ring is 1. The molecule has 1 aromatic rings. The van der Waals surface area contributed by atoms with Gasteiger partial charge in [-0.3, -0.25) is 5.84 Å². The van der Waals surface area contributed by atoms with Crippen LogP contribution < -0.4 is 16.0 Å². The van der Waals surface area contributed by atoms with Crippen LogP contribution in [0.1, 0.15) is 0 Å². The Morgan fingerprint density at radius 3 is 3.00 bits per heavy atom. The summed E-state index contributed by atoms with van der Waals surface area (Å²) in [7, 11) is 1.55. The first-order valence-electron chi connectivity index (χ1n) is 2.94. The van der Waals surface area contributed by atoms with Crippen molar-refractivity contribution >= 4 is 21.6 Å². The van der Waals surface area contributed by atoms with Gasteiger partial charge in [0, 0.05) is 6.20 Å². The number of halogens is 1. The number of nitrogens with zero attached hydrogens (tertiary/aromatic N) is 1. The van der Waals surface area contributed by atoms with Gasteiger partial charge in [-0.2, -0.15) is 0 Å². The summed E-state index contributed by atoms with van der Waals surface area (Å²) in [5, 5.41) is 0. The average molecular weight is 218 g/mol. The van der Waals surface area contributed by atoms with E-state index in [4.69, 9.17) is 10.6 Å². The van der Waals surface area contributed by atoms with Crippen molar-refractivity contribution in [3.8, 4) is 5.88 Å². The number of anilines is 1. The molecule has 11 heavy (non-hydrogen) atoms. The van der Waals surface area contributed by atoms with Crippen LogP contribution in [0.15, 0.2) is 16.7 Å². The normalized spacial score (nSPS) is 9.36. The van der Waals surface area contributed by atoms with E-state index < -0.39 is 0 Å². The fourth-order valence-corrected chi connectivity index (χ4v) is 1.19. The van der Waals surface area contributed by atoms with Gasteiger partial charge in [-0.1, -0.05) is 0 Å². The van der Waals surface area contributed by atoms with Crippen LogP contribution in [-0.4, -0.2) is 12.1 Å². The van der Waals surface area contributed by atoms with Crippen LogP contribution in [0.5, 0.6) is 5.88 Å². The molecule has 0 atom stereocenters. The van der Waals surface area contributed by atoms with Crippen molar-refractivity contribution in [3.63, 3.8) is 0 Å². The molecule has 1 aromatic heterocycles. The molecule has 0 bridgehead atoms. The van der Waals surface area contributed by atoms with Crippen molar-refractivity contribution in [1.29, 1.82) is 0 Å². The zero-order valence-electron chi connectivity index (χ0n) is 5.97. The predicted molar refractivity (Wildman–Crippen MR) is 46.3 cm³/mol. The first-order chi connectivity index (χ1) is 5.29. The second-order valence-corrected chi connectivity index (χ2v) is 2.62. The number of rotatable bonds is 2. The van der Waals surface area contributed by atoms with Gasteiger partial charge in [-0.05, 0) is 22.0 Å². The van der Waals surface area contributed by atoms with Gasteiger partial charge in [-0.15, -0.1) is 0 Å². The largest absolute Gasteiger partial charge is 0.480 e. The lowest BCUT2D eigenvalue weighted by Crippen LogP contribution is -2.07. The van der Waals surface area contributed by atoms with Gasteiger partial charge in [0.2, 0.25) is 5.88 Å². The number of ether oxygens (including phenoxy) is 1. The number of pyridine rings is 1. The second-order valence-electron chi connectivity index (χ2n) is 1.83. The molecule has 4 nitrogen and oxygen atoms in total. The number of hydrazine groups is 1. The number of hydrogen-bond acceptors (Lipinski definition) is 4. The van der Waals surface area contributed by atoms with Crippen LogP contribution in [0.3, 0.4) is 0 Å². The average Bonchev–Trinajstić information content (AvgIpc) is 2.05. The van der Waals surface area contributed by atoms with Gasteiger partial charge in [0.15, 0.2) is 0 Å². The van der Waals surface area contributed by atoms with Crippen molar-refractivity contribution in [2.24, 2.45) is 5.84 Å². The lowest BCUT2D eigenvalue weighted by molar-refractivity contribution is 0.395. The van der Waals surface area contributed by atoms with E-state index in [2.05, 4.69) is 26.3 Å². The molecule has 3 N–H and O–H groups in total. The summed E-state index contributed by atoms with van der Waals surface area (Å²) < 4.78 is 5.66. The summed E-state index contributed by atoms with van der Waals surface area (Å²) in [4.78, 5) is 3.94. The van der Waals surface area contributed by atoms with E-state index in [1.807, 2.05) is 0 Å². The van der Waals surface area contributed by atoms with E-state index in [0.717, 1.165) is 10.2 Å². The number of nitrogens with one attached hydrogen (secondary N) is 1. The van der Waals surface area contributed by atoms with Gasteiger partial charge in [0.25, 0.3) is 0 Å². The Kier molecular flexibility index (Phi) is 2.67. The molecule has 60 valence electrons. The van der Waals surface area contributed by atoms with Crippen molar-refractivity contribution in [2.75, 3.05) is 12.5 Å². The molecule has 0 spiro atoms. The third-order valence-corrected chi connectivity index (χ3v) is 1.97. The quantitative estimate of drug-likeness (QED) is 0.577. The summed E-state index contributed by atoms with van der Waals surface area (Å²) in [5.74, 6) is 5.73. The Morgan fingerprint density at radius 1 is 1.73 bits per heavy atom. The van der Waals surface area contributed by atoms with Crippen molar-refractivity contribution < 1.29 is 4.74 Å². The third-order valence-electron chi connectivity index (χ3n) is 1.21. The topological polar surface area (TPSA) is 60.2 Å². The van der Waals surface area contributed by atoms with Gasteiger partial charge in [-0.25, -0.2) is 4.98 Å². The molecule has 0 amide bonds. The highest BCUT2D eigenvalue weighted by molar-refractivity contribution is 9.10. The molecule has 0 aromatic carbocycles. The standard InChI is InChI=1S/C6H8BrN3O/c1-11-6-5(7)4(10-8)2-3-9-6/h2-3H,8H2,1H3,(H,9,10). The molecule has 0 saturated carbocycles. The molecule has 0 aliphatic carbocycles. The number of nitrogens with two attached hydrogens (primary N) is 1. The maximum atomic E-state index is 5.21. The van der Waals surface area contributed by atoms with E-state index in [1.165, 1.54) is 0 Å². The van der Waals surface area contributed by atoms with E-state index in [0.29, 0.717) is 5.88 Å². The highest BCUT2D eigenvalue weighted by Crippen LogP contribution is 2.28. The van der Waals surface area contributed by atoms with E-state index >= 15 is 0 Å². The number of aromatic nitrogens is 1. The highest BCUT2D eigenvalue weighted by Gasteiger charge is 2.04. The van der Waals surface area contributed by atoms with Gasteiger partial charge < -0.3 is 10.2 Å². The lowest BCUT2D eigenvalue weighted by Gasteiger charge is -2.05. The summed E-state index contributed by atoms with van der Waals surface area (Å²) in [5.41, 5.74) is 3.25. The minimum Gasteiger partial charge on any atom is -0.480 e. The summed E-state index contributed by atoms with van der Waals surface area (Å²) in [6, 6.07) is 1.74. The number of hydrogen-bond donors (Lipinski definition) is 2. The summed E-state index contributed by atoms with van der Waals surface area (Å²) in [6.45, 7) is 0. The summed E-state index contributed by atoms with van der Waals surface area (Å²) in [6.07, 6.45) is 1.61. The molecular weight excluding hydrogens is 210 g/mol. The van der Waals surface area contributed by atoms with Crippen LogP contribution >= 0.6 is 15.9 Å². The fourth-order valence-electron chi connectivity index (χ4n) is 0.678. The van der Waals surface area contributed by atoms with Crippen LogP contribution in [-0.2, 0) is 0 Å². The van der Waals surface area contributed by atoms with Gasteiger partial charge in [0.1, 0.15) is 4.47 Å². The molecule has 5 heteroatoms. The van der Waals surface area contributed by atoms with Gasteiger partial charge >= 0.3 is 0 Å². The first-order valence-corrected chi connectivity index (χ1v) is 3.74. The zero-order valence-corrected chi connectivity index (χ0v) is 7.55. The van der Waals surface area contributed by atoms with Crippen LogP contribution in [0, 0.1) is 0 Å². The Bertz CT molecular complexity index is 231. The van der Waals surface area contributed by atoms with Gasteiger partial charge in [0.05, 0.1) is 12.8 Å². The van der Waals surface area contributed by atoms with E-state index in [-0.39, 0.29) is 0 Å². The minimum atomic E-state index is 0.514. The molecule has 0 saturated heterocycles. The SMILES string of the molecule is COc1nccc(NN)c1Br.